The molecule has 1 saturated heterocycles. The Labute approximate surface area is 149 Å². The summed E-state index contributed by atoms with van der Waals surface area (Å²) < 4.78 is 12.9. The molecular weight excluding hydrogens is 321 g/mol. The quantitative estimate of drug-likeness (QED) is 0.755. The minimum Gasteiger partial charge on any atom is -0.352 e. The highest BCUT2D eigenvalue weighted by Gasteiger charge is 2.32. The fourth-order valence-electron chi connectivity index (χ4n) is 3.38. The molecule has 1 aliphatic rings. The van der Waals surface area contributed by atoms with Gasteiger partial charge in [0.15, 0.2) is 0 Å². The van der Waals surface area contributed by atoms with E-state index in [0.717, 1.165) is 31.5 Å². The smallest absolute Gasteiger partial charge is 0.221 e. The Morgan fingerprint density at radius 1 is 1.24 bits per heavy atom. The zero-order valence-electron chi connectivity index (χ0n) is 15.1. The lowest BCUT2D eigenvalue weighted by atomic mass is 9.98. The molecule has 0 radical (unpaired) electrons. The second-order valence-electron chi connectivity index (χ2n) is 6.77. The van der Waals surface area contributed by atoms with Gasteiger partial charge < -0.3 is 15.5 Å². The highest BCUT2D eigenvalue weighted by molar-refractivity contribution is 5.76. The van der Waals surface area contributed by atoms with E-state index in [9.17, 15) is 14.0 Å². The number of rotatable bonds is 8. The molecule has 138 valence electrons. The van der Waals surface area contributed by atoms with Crippen LogP contribution in [0.3, 0.4) is 0 Å². The van der Waals surface area contributed by atoms with Crippen molar-refractivity contribution < 1.29 is 14.0 Å². The van der Waals surface area contributed by atoms with E-state index in [1.165, 1.54) is 12.1 Å². The number of hydrogen-bond acceptors (Lipinski definition) is 3. The number of benzene rings is 1. The molecule has 0 bridgehead atoms. The van der Waals surface area contributed by atoms with E-state index < -0.39 is 0 Å². The van der Waals surface area contributed by atoms with Crippen LogP contribution in [0.15, 0.2) is 24.3 Å². The van der Waals surface area contributed by atoms with Crippen LogP contribution < -0.4 is 10.6 Å². The number of carbonyl (C=O) groups excluding carboxylic acids is 2. The Hall–Kier alpha value is -1.95. The van der Waals surface area contributed by atoms with Gasteiger partial charge in [0, 0.05) is 45.6 Å². The third-order valence-electron chi connectivity index (χ3n) is 4.62. The van der Waals surface area contributed by atoms with Gasteiger partial charge in [-0.2, -0.15) is 0 Å². The van der Waals surface area contributed by atoms with Gasteiger partial charge in [-0.3, -0.25) is 9.59 Å². The zero-order chi connectivity index (χ0) is 18.2. The van der Waals surface area contributed by atoms with Gasteiger partial charge in [-0.25, -0.2) is 4.39 Å². The zero-order valence-corrected chi connectivity index (χ0v) is 15.1. The molecule has 2 N–H and O–H groups in total. The molecule has 0 aromatic heterocycles. The molecule has 25 heavy (non-hydrogen) atoms. The van der Waals surface area contributed by atoms with Gasteiger partial charge in [0.2, 0.25) is 11.8 Å². The Balaban J connectivity index is 1.73. The summed E-state index contributed by atoms with van der Waals surface area (Å²) in [5.41, 5.74) is 0.879. The highest BCUT2D eigenvalue weighted by Crippen LogP contribution is 2.21. The normalized spacial score (nSPS) is 20.4. The van der Waals surface area contributed by atoms with Gasteiger partial charge in [-0.15, -0.1) is 0 Å². The van der Waals surface area contributed by atoms with E-state index in [2.05, 4.69) is 22.5 Å². The molecule has 0 unspecified atom stereocenters. The van der Waals surface area contributed by atoms with Crippen molar-refractivity contribution in [1.29, 1.82) is 0 Å². The topological polar surface area (TPSA) is 61.4 Å². The SMILES string of the molecule is CCC[C@H]1CN(CCC(=O)NCc2ccc(F)cc2)C[C@@H]1NC(C)=O. The maximum Gasteiger partial charge on any atom is 0.221 e. The molecule has 1 fully saturated rings. The predicted molar refractivity (Wildman–Crippen MR) is 95.3 cm³/mol. The van der Waals surface area contributed by atoms with Gasteiger partial charge >= 0.3 is 0 Å². The largest absolute Gasteiger partial charge is 0.352 e. The first-order chi connectivity index (χ1) is 12.0. The highest BCUT2D eigenvalue weighted by atomic mass is 19.1. The Bertz CT molecular complexity index is 577. The molecule has 0 aliphatic carbocycles. The van der Waals surface area contributed by atoms with Crippen molar-refractivity contribution in [3.05, 3.63) is 35.6 Å². The molecule has 0 saturated carbocycles. The van der Waals surface area contributed by atoms with E-state index in [0.29, 0.717) is 25.4 Å². The standard InChI is InChI=1S/C19H28FN3O2/c1-3-4-16-12-23(13-18(16)22-14(2)24)10-9-19(25)21-11-15-5-7-17(20)8-6-15/h5-8,16,18H,3-4,9-13H2,1-2H3,(H,21,25)(H,22,24)/t16-,18-/m0/s1. The number of carbonyl (C=O) groups is 2. The van der Waals surface area contributed by atoms with Crippen molar-refractivity contribution in [1.82, 2.24) is 15.5 Å². The van der Waals surface area contributed by atoms with E-state index in [-0.39, 0.29) is 23.7 Å². The summed E-state index contributed by atoms with van der Waals surface area (Å²) in [5.74, 6) is 0.167. The van der Waals surface area contributed by atoms with E-state index in [1.54, 1.807) is 19.1 Å². The second kappa shape index (κ2) is 9.51. The predicted octanol–water partition coefficient (Wildman–Crippen LogP) is 2.07. The van der Waals surface area contributed by atoms with Crippen molar-refractivity contribution in [3.63, 3.8) is 0 Å². The summed E-state index contributed by atoms with van der Waals surface area (Å²) in [5, 5.41) is 5.90. The first kappa shape index (κ1) is 19.4. The molecule has 1 aromatic carbocycles. The molecule has 1 aliphatic heterocycles. The maximum atomic E-state index is 12.9. The van der Waals surface area contributed by atoms with Gasteiger partial charge in [-0.1, -0.05) is 25.5 Å². The number of hydrogen-bond donors (Lipinski definition) is 2. The van der Waals surface area contributed by atoms with Crippen LogP contribution in [0, 0.1) is 11.7 Å². The lowest BCUT2D eigenvalue weighted by Gasteiger charge is -2.18. The minimum atomic E-state index is -0.278. The fourth-order valence-corrected chi connectivity index (χ4v) is 3.38. The Morgan fingerprint density at radius 2 is 1.96 bits per heavy atom. The number of halogens is 1. The molecule has 1 aromatic rings. The lowest BCUT2D eigenvalue weighted by Crippen LogP contribution is -2.39. The molecule has 2 rings (SSSR count). The second-order valence-corrected chi connectivity index (χ2v) is 6.77. The first-order valence-electron chi connectivity index (χ1n) is 8.98. The van der Waals surface area contributed by atoms with Crippen LogP contribution >= 0.6 is 0 Å². The van der Waals surface area contributed by atoms with Gasteiger partial charge in [0.05, 0.1) is 0 Å². The third kappa shape index (κ3) is 6.46. The van der Waals surface area contributed by atoms with Crippen molar-refractivity contribution >= 4 is 11.8 Å². The Kier molecular flexibility index (Phi) is 7.37. The van der Waals surface area contributed by atoms with E-state index in [1.807, 2.05) is 0 Å². The summed E-state index contributed by atoms with van der Waals surface area (Å²) in [6.07, 6.45) is 2.60. The minimum absolute atomic E-state index is 0.00462. The van der Waals surface area contributed by atoms with Crippen LogP contribution in [0.2, 0.25) is 0 Å². The summed E-state index contributed by atoms with van der Waals surface area (Å²) in [6.45, 7) is 6.52. The summed E-state index contributed by atoms with van der Waals surface area (Å²) in [7, 11) is 0. The molecule has 5 nitrogen and oxygen atoms in total. The van der Waals surface area contributed by atoms with Crippen LogP contribution in [0.5, 0.6) is 0 Å². The van der Waals surface area contributed by atoms with E-state index >= 15 is 0 Å². The third-order valence-corrected chi connectivity index (χ3v) is 4.62. The number of likely N-dealkylation sites (tertiary alicyclic amines) is 1. The number of nitrogens with one attached hydrogen (secondary N) is 2. The first-order valence-corrected chi connectivity index (χ1v) is 8.98. The molecule has 1 heterocycles. The lowest BCUT2D eigenvalue weighted by molar-refractivity contribution is -0.122. The molecule has 0 spiro atoms. The summed E-state index contributed by atoms with van der Waals surface area (Å²) in [6, 6.07) is 6.30. The molecule has 2 amide bonds. The van der Waals surface area contributed by atoms with Crippen molar-refractivity contribution in [3.8, 4) is 0 Å². The Morgan fingerprint density at radius 3 is 2.60 bits per heavy atom. The van der Waals surface area contributed by atoms with Crippen molar-refractivity contribution in [2.24, 2.45) is 5.92 Å². The van der Waals surface area contributed by atoms with Gasteiger partial charge in [0.1, 0.15) is 5.82 Å². The average molecular weight is 349 g/mol. The number of amides is 2. The average Bonchev–Trinajstić information content (AvgIpc) is 2.94. The molecule has 2 atom stereocenters. The fraction of sp³-hybridized carbons (Fsp3) is 0.579. The van der Waals surface area contributed by atoms with Crippen LogP contribution in [-0.2, 0) is 16.1 Å². The van der Waals surface area contributed by atoms with Crippen molar-refractivity contribution in [2.75, 3.05) is 19.6 Å². The molecule has 6 heteroatoms. The summed E-state index contributed by atoms with van der Waals surface area (Å²) in [4.78, 5) is 25.6. The van der Waals surface area contributed by atoms with Crippen LogP contribution in [0.1, 0.15) is 38.7 Å². The maximum absolute atomic E-state index is 12.9. The number of nitrogens with zero attached hydrogens (tertiary/aromatic N) is 1. The van der Waals surface area contributed by atoms with Crippen molar-refractivity contribution in [2.45, 2.75) is 45.7 Å². The van der Waals surface area contributed by atoms with Gasteiger partial charge in [-0.05, 0) is 30.0 Å². The van der Waals surface area contributed by atoms with E-state index in [4.69, 9.17) is 0 Å². The van der Waals surface area contributed by atoms with Crippen LogP contribution in [0.4, 0.5) is 4.39 Å². The van der Waals surface area contributed by atoms with Crippen LogP contribution in [0.25, 0.3) is 0 Å². The van der Waals surface area contributed by atoms with Gasteiger partial charge in [0.25, 0.3) is 0 Å². The van der Waals surface area contributed by atoms with Crippen LogP contribution in [-0.4, -0.2) is 42.4 Å². The summed E-state index contributed by atoms with van der Waals surface area (Å²) >= 11 is 0. The molecular formula is C19H28FN3O2. The monoisotopic (exact) mass is 349 g/mol.